The SMILES string of the molecule is COc1cccc(NC(=O)C(=O)NC[C@@H](c2ccc3c(c2)CCN3C)N2CCCC2)c1. The molecule has 0 aliphatic carbocycles. The number of ether oxygens (including phenoxy) is 1. The Morgan fingerprint density at radius 1 is 1.06 bits per heavy atom. The number of carbonyl (C=O) groups is 2. The lowest BCUT2D eigenvalue weighted by Gasteiger charge is -2.28. The molecule has 2 aromatic rings. The third kappa shape index (κ3) is 4.82. The van der Waals surface area contributed by atoms with Crippen LogP contribution in [0.15, 0.2) is 42.5 Å². The van der Waals surface area contributed by atoms with Crippen molar-refractivity contribution in [2.45, 2.75) is 25.3 Å². The van der Waals surface area contributed by atoms with Crippen LogP contribution in [0.5, 0.6) is 5.75 Å². The summed E-state index contributed by atoms with van der Waals surface area (Å²) < 4.78 is 5.16. The Morgan fingerprint density at radius 3 is 2.65 bits per heavy atom. The second-order valence-electron chi connectivity index (χ2n) is 8.21. The van der Waals surface area contributed by atoms with Crippen LogP contribution in [0, 0.1) is 0 Å². The number of likely N-dealkylation sites (tertiary alicyclic amines) is 1. The van der Waals surface area contributed by atoms with Crippen LogP contribution < -0.4 is 20.3 Å². The molecule has 7 nitrogen and oxygen atoms in total. The van der Waals surface area contributed by atoms with E-state index in [1.807, 2.05) is 0 Å². The average molecular weight is 423 g/mol. The molecule has 2 aliphatic rings. The van der Waals surface area contributed by atoms with Gasteiger partial charge in [0.2, 0.25) is 0 Å². The lowest BCUT2D eigenvalue weighted by molar-refractivity contribution is -0.136. The molecule has 0 aromatic heterocycles. The Bertz CT molecular complexity index is 956. The van der Waals surface area contributed by atoms with Crippen molar-refractivity contribution in [1.29, 1.82) is 0 Å². The van der Waals surface area contributed by atoms with Gasteiger partial charge >= 0.3 is 11.8 Å². The fourth-order valence-corrected chi connectivity index (χ4v) is 4.46. The van der Waals surface area contributed by atoms with Crippen LogP contribution in [0.1, 0.15) is 30.0 Å². The number of likely N-dealkylation sites (N-methyl/N-ethyl adjacent to an activating group) is 1. The van der Waals surface area contributed by atoms with Crippen molar-refractivity contribution in [3.63, 3.8) is 0 Å². The molecule has 0 bridgehead atoms. The van der Waals surface area contributed by atoms with Crippen molar-refractivity contribution >= 4 is 23.2 Å². The third-order valence-electron chi connectivity index (χ3n) is 6.19. The first-order valence-corrected chi connectivity index (χ1v) is 10.9. The van der Waals surface area contributed by atoms with Gasteiger partial charge in [0.25, 0.3) is 0 Å². The number of amides is 2. The minimum absolute atomic E-state index is 0.0623. The van der Waals surface area contributed by atoms with E-state index in [1.54, 1.807) is 31.4 Å². The molecule has 2 aliphatic heterocycles. The van der Waals surface area contributed by atoms with Gasteiger partial charge in [0.15, 0.2) is 0 Å². The molecule has 2 amide bonds. The highest BCUT2D eigenvalue weighted by atomic mass is 16.5. The summed E-state index contributed by atoms with van der Waals surface area (Å²) in [5.41, 5.74) is 4.36. The number of hydrogen-bond acceptors (Lipinski definition) is 5. The summed E-state index contributed by atoms with van der Waals surface area (Å²) in [6.45, 7) is 3.45. The summed E-state index contributed by atoms with van der Waals surface area (Å²) in [6, 6.07) is 13.6. The monoisotopic (exact) mass is 422 g/mol. The summed E-state index contributed by atoms with van der Waals surface area (Å²) in [5, 5.41) is 5.49. The van der Waals surface area contributed by atoms with Crippen LogP contribution in [-0.2, 0) is 16.0 Å². The molecule has 0 radical (unpaired) electrons. The zero-order valence-corrected chi connectivity index (χ0v) is 18.2. The predicted molar refractivity (Wildman–Crippen MR) is 122 cm³/mol. The van der Waals surface area contributed by atoms with E-state index in [2.05, 4.69) is 45.7 Å². The van der Waals surface area contributed by atoms with Gasteiger partial charge in [-0.1, -0.05) is 18.2 Å². The Kier molecular flexibility index (Phi) is 6.42. The number of hydrogen-bond donors (Lipinski definition) is 2. The molecule has 2 aromatic carbocycles. The summed E-state index contributed by atoms with van der Waals surface area (Å²) in [6.07, 6.45) is 3.37. The van der Waals surface area contributed by atoms with E-state index < -0.39 is 11.8 Å². The fraction of sp³-hybridized carbons (Fsp3) is 0.417. The minimum Gasteiger partial charge on any atom is -0.497 e. The molecule has 7 heteroatoms. The Labute approximate surface area is 183 Å². The zero-order valence-electron chi connectivity index (χ0n) is 18.2. The molecule has 0 spiro atoms. The maximum atomic E-state index is 12.5. The molecule has 164 valence electrons. The van der Waals surface area contributed by atoms with Gasteiger partial charge in [-0.3, -0.25) is 14.5 Å². The van der Waals surface area contributed by atoms with Crippen LogP contribution in [0.25, 0.3) is 0 Å². The highest BCUT2D eigenvalue weighted by molar-refractivity contribution is 6.39. The number of fused-ring (bicyclic) bond motifs is 1. The van der Waals surface area contributed by atoms with Gasteiger partial charge in [0.1, 0.15) is 5.75 Å². The second kappa shape index (κ2) is 9.39. The van der Waals surface area contributed by atoms with Crippen LogP contribution in [-0.4, -0.2) is 57.1 Å². The number of nitrogens with one attached hydrogen (secondary N) is 2. The first-order valence-electron chi connectivity index (χ1n) is 10.9. The van der Waals surface area contributed by atoms with Crippen LogP contribution >= 0.6 is 0 Å². The quantitative estimate of drug-likeness (QED) is 0.700. The van der Waals surface area contributed by atoms with Crippen molar-refractivity contribution < 1.29 is 14.3 Å². The Hall–Kier alpha value is -3.06. The highest BCUT2D eigenvalue weighted by Crippen LogP contribution is 2.32. The van der Waals surface area contributed by atoms with Crippen molar-refractivity contribution in [3.8, 4) is 5.75 Å². The van der Waals surface area contributed by atoms with Crippen molar-refractivity contribution in [2.24, 2.45) is 0 Å². The number of methoxy groups -OCH3 is 1. The van der Waals surface area contributed by atoms with Gasteiger partial charge in [-0.15, -0.1) is 0 Å². The molecule has 2 N–H and O–H groups in total. The molecule has 2 heterocycles. The van der Waals surface area contributed by atoms with E-state index >= 15 is 0 Å². The van der Waals surface area contributed by atoms with Gasteiger partial charge in [0.05, 0.1) is 13.2 Å². The first-order chi connectivity index (χ1) is 15.0. The highest BCUT2D eigenvalue weighted by Gasteiger charge is 2.27. The van der Waals surface area contributed by atoms with Crippen LogP contribution in [0.4, 0.5) is 11.4 Å². The number of rotatable bonds is 6. The fourth-order valence-electron chi connectivity index (χ4n) is 4.46. The normalized spacial score (nSPS) is 16.6. The van der Waals surface area contributed by atoms with Crippen LogP contribution in [0.3, 0.4) is 0 Å². The van der Waals surface area contributed by atoms with E-state index in [9.17, 15) is 9.59 Å². The molecule has 0 unspecified atom stereocenters. The number of nitrogens with zero attached hydrogens (tertiary/aromatic N) is 2. The second-order valence-corrected chi connectivity index (χ2v) is 8.21. The maximum absolute atomic E-state index is 12.5. The molecule has 1 saturated heterocycles. The van der Waals surface area contributed by atoms with Gasteiger partial charge in [0, 0.05) is 37.6 Å². The number of carbonyl (C=O) groups excluding carboxylic acids is 2. The van der Waals surface area contributed by atoms with E-state index in [4.69, 9.17) is 4.74 Å². The molecule has 4 rings (SSSR count). The predicted octanol–water partition coefficient (Wildman–Crippen LogP) is 2.58. The van der Waals surface area contributed by atoms with Crippen LogP contribution in [0.2, 0.25) is 0 Å². The van der Waals surface area contributed by atoms with E-state index in [-0.39, 0.29) is 6.04 Å². The summed E-state index contributed by atoms with van der Waals surface area (Å²) in [5.74, 6) is -0.688. The lowest BCUT2D eigenvalue weighted by atomic mass is 10.0. The maximum Gasteiger partial charge on any atom is 0.313 e. The van der Waals surface area contributed by atoms with Gasteiger partial charge in [-0.2, -0.15) is 0 Å². The number of benzene rings is 2. The van der Waals surface area contributed by atoms with Crippen molar-refractivity contribution in [2.75, 3.05) is 50.6 Å². The summed E-state index contributed by atoms with van der Waals surface area (Å²) in [4.78, 5) is 29.6. The molecule has 1 fully saturated rings. The number of anilines is 2. The lowest BCUT2D eigenvalue weighted by Crippen LogP contribution is -2.41. The van der Waals surface area contributed by atoms with Crippen molar-refractivity contribution in [3.05, 3.63) is 53.6 Å². The molecule has 0 saturated carbocycles. The first kappa shape index (κ1) is 21.2. The Morgan fingerprint density at radius 2 is 1.87 bits per heavy atom. The van der Waals surface area contributed by atoms with Crippen molar-refractivity contribution in [1.82, 2.24) is 10.2 Å². The average Bonchev–Trinajstić information content (AvgIpc) is 3.44. The summed E-state index contributed by atoms with van der Waals surface area (Å²) in [7, 11) is 3.67. The molecule has 1 atom stereocenters. The van der Waals surface area contributed by atoms with E-state index in [0.29, 0.717) is 18.0 Å². The minimum atomic E-state index is -0.677. The Balaban J connectivity index is 1.43. The summed E-state index contributed by atoms with van der Waals surface area (Å²) >= 11 is 0. The zero-order chi connectivity index (χ0) is 21.8. The van der Waals surface area contributed by atoms with Gasteiger partial charge in [-0.25, -0.2) is 0 Å². The largest absolute Gasteiger partial charge is 0.497 e. The van der Waals surface area contributed by atoms with E-state index in [1.165, 1.54) is 16.8 Å². The molecular formula is C24H30N4O3. The van der Waals surface area contributed by atoms with E-state index in [0.717, 1.165) is 38.9 Å². The van der Waals surface area contributed by atoms with Gasteiger partial charge < -0.3 is 20.3 Å². The third-order valence-corrected chi connectivity index (χ3v) is 6.19. The molecule has 31 heavy (non-hydrogen) atoms. The molecular weight excluding hydrogens is 392 g/mol. The van der Waals surface area contributed by atoms with Gasteiger partial charge in [-0.05, 0) is 61.7 Å². The smallest absolute Gasteiger partial charge is 0.313 e. The topological polar surface area (TPSA) is 73.9 Å². The standard InChI is InChI=1S/C24H30N4O3/c1-27-13-10-18-14-17(8-9-21(18)27)22(28-11-3-4-12-28)16-25-23(29)24(30)26-19-6-5-7-20(15-19)31-2/h5-9,14-15,22H,3-4,10-13,16H2,1-2H3,(H,25,29)(H,26,30)/t22-/m0/s1.